The second-order valence-corrected chi connectivity index (χ2v) is 2.86. The first kappa shape index (κ1) is 13.3. The van der Waals surface area contributed by atoms with Crippen molar-refractivity contribution in [2.24, 2.45) is 0 Å². The normalized spacial score (nSPS) is 11.9. The second-order valence-electron chi connectivity index (χ2n) is 2.86. The van der Waals surface area contributed by atoms with Gasteiger partial charge < -0.3 is 5.11 Å². The average Bonchev–Trinajstić information content (AvgIpc) is 2.14. The van der Waals surface area contributed by atoms with Crippen LogP contribution in [-0.2, 0) is 6.18 Å². The predicted molar refractivity (Wildman–Crippen MR) is 41.1 cm³/mol. The van der Waals surface area contributed by atoms with Crippen molar-refractivity contribution in [3.63, 3.8) is 0 Å². The quantitative estimate of drug-likeness (QED) is 0.831. The van der Waals surface area contributed by atoms with Crippen LogP contribution in [0.1, 0.15) is 28.2 Å². The maximum atomic E-state index is 13.0. The van der Waals surface area contributed by atoms with Crippen LogP contribution in [0, 0.1) is 5.82 Å². The number of rotatable bonds is 2. The van der Waals surface area contributed by atoms with E-state index < -0.39 is 41.3 Å². The molecular weight excluding hydrogens is 256 g/mol. The Bertz CT molecular complexity index is 456. The maximum Gasteiger partial charge on any atom is 0.433 e. The lowest BCUT2D eigenvalue weighted by Crippen LogP contribution is -2.17. The summed E-state index contributed by atoms with van der Waals surface area (Å²) < 4.78 is 74.2. The molecule has 17 heavy (non-hydrogen) atoms. The number of hydrogen-bond acceptors (Lipinski definition) is 2. The Morgan fingerprint density at radius 1 is 1.35 bits per heavy atom. The lowest BCUT2D eigenvalue weighted by Gasteiger charge is -2.12. The summed E-state index contributed by atoms with van der Waals surface area (Å²) in [5.41, 5.74) is -5.48. The maximum absolute atomic E-state index is 13.0. The van der Waals surface area contributed by atoms with E-state index in [0.717, 1.165) is 0 Å². The van der Waals surface area contributed by atoms with Gasteiger partial charge in [0.25, 0.3) is 6.43 Å². The van der Waals surface area contributed by atoms with E-state index in [0.29, 0.717) is 0 Å². The monoisotopic (exact) mass is 259 g/mol. The second kappa shape index (κ2) is 4.22. The SMILES string of the molecule is O=C(O)c1cc(F)c(C(F)F)c(C(F)(F)F)n1. The van der Waals surface area contributed by atoms with Crippen molar-refractivity contribution < 1.29 is 36.2 Å². The van der Waals surface area contributed by atoms with Gasteiger partial charge in [-0.2, -0.15) is 13.2 Å². The van der Waals surface area contributed by atoms with E-state index in [1.165, 1.54) is 0 Å². The highest BCUT2D eigenvalue weighted by atomic mass is 19.4. The molecule has 1 rings (SSSR count). The van der Waals surface area contributed by atoms with Crippen LogP contribution in [0.4, 0.5) is 26.3 Å². The molecule has 94 valence electrons. The van der Waals surface area contributed by atoms with Crippen LogP contribution < -0.4 is 0 Å². The van der Waals surface area contributed by atoms with Crippen LogP contribution in [0.2, 0.25) is 0 Å². The van der Waals surface area contributed by atoms with Crippen LogP contribution >= 0.6 is 0 Å². The number of alkyl halides is 5. The molecule has 0 aliphatic carbocycles. The van der Waals surface area contributed by atoms with Gasteiger partial charge in [-0.25, -0.2) is 22.9 Å². The molecule has 9 heteroatoms. The van der Waals surface area contributed by atoms with E-state index in [9.17, 15) is 31.1 Å². The first-order valence-corrected chi connectivity index (χ1v) is 3.93. The fourth-order valence-electron chi connectivity index (χ4n) is 1.06. The number of carbonyl (C=O) groups is 1. The van der Waals surface area contributed by atoms with Crippen molar-refractivity contribution in [2.75, 3.05) is 0 Å². The van der Waals surface area contributed by atoms with Gasteiger partial charge in [0.05, 0.1) is 5.56 Å². The highest BCUT2D eigenvalue weighted by molar-refractivity contribution is 5.85. The van der Waals surface area contributed by atoms with Gasteiger partial charge in [-0.15, -0.1) is 0 Å². The summed E-state index contributed by atoms with van der Waals surface area (Å²) in [7, 11) is 0. The summed E-state index contributed by atoms with van der Waals surface area (Å²) in [6.45, 7) is 0. The third-order valence-electron chi connectivity index (χ3n) is 1.71. The molecule has 0 aromatic carbocycles. The number of halogens is 6. The molecule has 1 N–H and O–H groups in total. The van der Waals surface area contributed by atoms with Gasteiger partial charge in [0.1, 0.15) is 5.82 Å². The highest BCUT2D eigenvalue weighted by Gasteiger charge is 2.40. The number of aromatic nitrogens is 1. The molecule has 0 unspecified atom stereocenters. The lowest BCUT2D eigenvalue weighted by molar-refractivity contribution is -0.143. The average molecular weight is 259 g/mol. The minimum Gasteiger partial charge on any atom is -0.477 e. The van der Waals surface area contributed by atoms with Gasteiger partial charge >= 0.3 is 12.1 Å². The smallest absolute Gasteiger partial charge is 0.433 e. The summed E-state index contributed by atoms with van der Waals surface area (Å²) in [5.74, 6) is -3.91. The van der Waals surface area contributed by atoms with E-state index in [1.807, 2.05) is 0 Å². The molecule has 0 fully saturated rings. The Balaban J connectivity index is 3.57. The summed E-state index contributed by atoms with van der Waals surface area (Å²) in [6, 6.07) is 0.0130. The van der Waals surface area contributed by atoms with E-state index in [2.05, 4.69) is 4.98 Å². The Kier molecular flexibility index (Phi) is 3.30. The zero-order valence-electron chi connectivity index (χ0n) is 7.73. The number of carboxylic acids is 1. The van der Waals surface area contributed by atoms with Crippen LogP contribution in [0.5, 0.6) is 0 Å². The molecule has 0 radical (unpaired) electrons. The largest absolute Gasteiger partial charge is 0.477 e. The molecule has 1 heterocycles. The number of nitrogens with zero attached hydrogens (tertiary/aromatic N) is 1. The lowest BCUT2D eigenvalue weighted by atomic mass is 10.1. The van der Waals surface area contributed by atoms with E-state index in [-0.39, 0.29) is 6.07 Å². The number of hydrogen-bond donors (Lipinski definition) is 1. The van der Waals surface area contributed by atoms with Crippen molar-refractivity contribution in [1.29, 1.82) is 0 Å². The third-order valence-corrected chi connectivity index (χ3v) is 1.71. The Morgan fingerprint density at radius 3 is 2.24 bits per heavy atom. The molecule has 0 saturated carbocycles. The van der Waals surface area contributed by atoms with Crippen molar-refractivity contribution >= 4 is 5.97 Å². The van der Waals surface area contributed by atoms with Crippen molar-refractivity contribution in [3.05, 3.63) is 28.8 Å². The molecule has 1 aromatic heterocycles. The summed E-state index contributed by atoms with van der Waals surface area (Å²) in [4.78, 5) is 12.8. The zero-order valence-corrected chi connectivity index (χ0v) is 7.73. The molecule has 3 nitrogen and oxygen atoms in total. The first-order chi connectivity index (χ1) is 7.64. The van der Waals surface area contributed by atoms with Crippen LogP contribution in [0.25, 0.3) is 0 Å². The van der Waals surface area contributed by atoms with Gasteiger partial charge in [0.15, 0.2) is 11.4 Å². The van der Waals surface area contributed by atoms with Crippen LogP contribution in [0.3, 0.4) is 0 Å². The standard InChI is InChI=1S/C8H3F6NO2/c9-2-1-3(7(16)17)15-5(8(12,13)14)4(2)6(10)11/h1,6H,(H,16,17). The molecule has 1 aromatic rings. The minimum absolute atomic E-state index is 0.0130. The van der Waals surface area contributed by atoms with Gasteiger partial charge in [0, 0.05) is 6.07 Å². The molecule has 0 spiro atoms. The Hall–Kier alpha value is -1.80. The molecule has 0 aliphatic heterocycles. The molecule has 0 bridgehead atoms. The zero-order chi connectivity index (χ0) is 13.4. The fraction of sp³-hybridized carbons (Fsp3) is 0.250. The van der Waals surface area contributed by atoms with Crippen molar-refractivity contribution in [1.82, 2.24) is 4.98 Å². The van der Waals surface area contributed by atoms with Crippen molar-refractivity contribution in [2.45, 2.75) is 12.6 Å². The number of aromatic carboxylic acids is 1. The van der Waals surface area contributed by atoms with E-state index >= 15 is 0 Å². The highest BCUT2D eigenvalue weighted by Crippen LogP contribution is 2.36. The summed E-state index contributed by atoms with van der Waals surface area (Å²) in [6.07, 6.45) is -9.11. The van der Waals surface area contributed by atoms with Gasteiger partial charge in [-0.1, -0.05) is 0 Å². The first-order valence-electron chi connectivity index (χ1n) is 3.93. The Labute approximate surface area is 89.7 Å². The van der Waals surface area contributed by atoms with E-state index in [1.54, 1.807) is 0 Å². The summed E-state index contributed by atoms with van der Waals surface area (Å²) >= 11 is 0. The third kappa shape index (κ3) is 2.66. The van der Waals surface area contributed by atoms with E-state index in [4.69, 9.17) is 5.11 Å². The molecule has 0 amide bonds. The Morgan fingerprint density at radius 2 is 1.88 bits per heavy atom. The number of pyridine rings is 1. The van der Waals surface area contributed by atoms with Gasteiger partial charge in [-0.3, -0.25) is 0 Å². The molecule has 0 aliphatic rings. The minimum atomic E-state index is -5.36. The van der Waals surface area contributed by atoms with Crippen LogP contribution in [-0.4, -0.2) is 16.1 Å². The summed E-state index contributed by atoms with van der Waals surface area (Å²) in [5, 5.41) is 8.34. The molecular formula is C8H3F6NO2. The molecule has 0 atom stereocenters. The van der Waals surface area contributed by atoms with Crippen molar-refractivity contribution in [3.8, 4) is 0 Å². The predicted octanol–water partition coefficient (Wildman–Crippen LogP) is 2.88. The van der Waals surface area contributed by atoms with Crippen LogP contribution in [0.15, 0.2) is 6.07 Å². The topological polar surface area (TPSA) is 50.2 Å². The molecule has 0 saturated heterocycles. The fourth-order valence-corrected chi connectivity index (χ4v) is 1.06. The van der Waals surface area contributed by atoms with Gasteiger partial charge in [0.2, 0.25) is 0 Å². The van der Waals surface area contributed by atoms with Gasteiger partial charge in [-0.05, 0) is 0 Å². The number of carboxylic acid groups (broad SMARTS) is 1.